The first-order valence-corrected chi connectivity index (χ1v) is 5.39. The summed E-state index contributed by atoms with van der Waals surface area (Å²) in [5, 5.41) is 21.0. The van der Waals surface area contributed by atoms with Crippen LogP contribution < -0.4 is 5.32 Å². The van der Waals surface area contributed by atoms with Crippen LogP contribution in [0.1, 0.15) is 26.2 Å². The second kappa shape index (κ2) is 5.88. The van der Waals surface area contributed by atoms with Crippen molar-refractivity contribution in [2.24, 2.45) is 5.92 Å². The van der Waals surface area contributed by atoms with Gasteiger partial charge in [0.1, 0.15) is 0 Å². The Morgan fingerprint density at radius 3 is 2.87 bits per heavy atom. The number of carbonyl (C=O) groups is 1. The van der Waals surface area contributed by atoms with Crippen molar-refractivity contribution in [1.29, 1.82) is 0 Å². The molecule has 2 unspecified atom stereocenters. The van der Waals surface area contributed by atoms with Gasteiger partial charge >= 0.3 is 5.97 Å². The Balaban J connectivity index is 2.31. The molecule has 0 aliphatic heterocycles. The van der Waals surface area contributed by atoms with Crippen LogP contribution in [0.4, 0.5) is 0 Å². The van der Waals surface area contributed by atoms with Crippen LogP contribution in [0.15, 0.2) is 11.6 Å². The van der Waals surface area contributed by atoms with Crippen LogP contribution in [0, 0.1) is 5.92 Å². The minimum atomic E-state index is -0.873. The Kier molecular flexibility index (Phi) is 4.78. The van der Waals surface area contributed by atoms with Gasteiger partial charge in [0.15, 0.2) is 0 Å². The van der Waals surface area contributed by atoms with Crippen molar-refractivity contribution in [3.63, 3.8) is 0 Å². The highest BCUT2D eigenvalue weighted by Crippen LogP contribution is 2.24. The van der Waals surface area contributed by atoms with Crippen LogP contribution in [-0.2, 0) is 4.79 Å². The van der Waals surface area contributed by atoms with Crippen molar-refractivity contribution in [1.82, 2.24) is 5.32 Å². The fourth-order valence-corrected chi connectivity index (χ4v) is 1.97. The van der Waals surface area contributed by atoms with E-state index in [4.69, 9.17) is 10.2 Å². The maximum Gasteiger partial charge on any atom is 0.330 e. The minimum Gasteiger partial charge on any atom is -0.478 e. The topological polar surface area (TPSA) is 69.6 Å². The minimum absolute atomic E-state index is 0.222. The van der Waals surface area contributed by atoms with Gasteiger partial charge in [0.2, 0.25) is 0 Å². The van der Waals surface area contributed by atoms with Gasteiger partial charge in [-0.15, -0.1) is 0 Å². The highest BCUT2D eigenvalue weighted by molar-refractivity contribution is 5.85. The van der Waals surface area contributed by atoms with E-state index >= 15 is 0 Å². The van der Waals surface area contributed by atoms with Gasteiger partial charge in [-0.2, -0.15) is 0 Å². The average Bonchev–Trinajstić information content (AvgIpc) is 2.65. The summed E-state index contributed by atoms with van der Waals surface area (Å²) in [6, 6.07) is 0.341. The molecule has 0 aromatic heterocycles. The number of nitrogens with one attached hydrogen (secondary N) is 1. The van der Waals surface area contributed by atoms with Gasteiger partial charge in [0, 0.05) is 24.8 Å². The molecule has 4 nitrogen and oxygen atoms in total. The zero-order valence-corrected chi connectivity index (χ0v) is 9.07. The number of aliphatic hydroxyl groups excluding tert-OH is 1. The highest BCUT2D eigenvalue weighted by atomic mass is 16.4. The molecule has 1 saturated carbocycles. The average molecular weight is 213 g/mol. The first-order valence-electron chi connectivity index (χ1n) is 5.39. The van der Waals surface area contributed by atoms with E-state index in [1.807, 2.05) is 0 Å². The normalized spacial score (nSPS) is 26.9. The number of hydrogen-bond donors (Lipinski definition) is 3. The van der Waals surface area contributed by atoms with E-state index in [0.717, 1.165) is 19.3 Å². The summed E-state index contributed by atoms with van der Waals surface area (Å²) in [7, 11) is 0. The van der Waals surface area contributed by atoms with Crippen molar-refractivity contribution >= 4 is 5.97 Å². The first kappa shape index (κ1) is 12.2. The number of hydrogen-bond acceptors (Lipinski definition) is 3. The number of rotatable bonds is 5. The number of aliphatic hydroxyl groups is 1. The van der Waals surface area contributed by atoms with Crippen molar-refractivity contribution in [2.75, 3.05) is 13.2 Å². The summed E-state index contributed by atoms with van der Waals surface area (Å²) >= 11 is 0. The van der Waals surface area contributed by atoms with Crippen molar-refractivity contribution in [3.8, 4) is 0 Å². The molecule has 0 amide bonds. The fourth-order valence-electron chi connectivity index (χ4n) is 1.97. The van der Waals surface area contributed by atoms with E-state index in [1.54, 1.807) is 13.0 Å². The lowest BCUT2D eigenvalue weighted by Gasteiger charge is -2.17. The molecule has 4 heteroatoms. The van der Waals surface area contributed by atoms with E-state index < -0.39 is 5.97 Å². The standard InChI is InChI=1S/C11H19NO3/c1-8(11(14)15)5-6-12-10-4-2-3-9(10)7-13/h5,9-10,12-13H,2-4,6-7H2,1H3,(H,14,15). The zero-order chi connectivity index (χ0) is 11.3. The van der Waals surface area contributed by atoms with Crippen molar-refractivity contribution in [3.05, 3.63) is 11.6 Å². The van der Waals surface area contributed by atoms with Gasteiger partial charge in [-0.3, -0.25) is 0 Å². The van der Waals surface area contributed by atoms with Crippen molar-refractivity contribution in [2.45, 2.75) is 32.2 Å². The molecule has 15 heavy (non-hydrogen) atoms. The molecule has 1 fully saturated rings. The maximum absolute atomic E-state index is 10.5. The molecule has 1 aliphatic carbocycles. The van der Waals surface area contributed by atoms with Crippen LogP contribution in [-0.4, -0.2) is 35.4 Å². The van der Waals surface area contributed by atoms with E-state index in [0.29, 0.717) is 24.1 Å². The Labute approximate surface area is 90.0 Å². The molecule has 0 spiro atoms. The van der Waals surface area contributed by atoms with Gasteiger partial charge in [-0.25, -0.2) is 4.79 Å². The smallest absolute Gasteiger partial charge is 0.330 e. The summed E-state index contributed by atoms with van der Waals surface area (Å²) in [6.07, 6.45) is 4.96. The van der Waals surface area contributed by atoms with Crippen LogP contribution in [0.2, 0.25) is 0 Å². The Hall–Kier alpha value is -0.870. The van der Waals surface area contributed by atoms with Gasteiger partial charge in [-0.1, -0.05) is 12.5 Å². The lowest BCUT2D eigenvalue weighted by Crippen LogP contribution is -2.34. The predicted octanol–water partition coefficient (Wildman–Crippen LogP) is 0.768. The second-order valence-corrected chi connectivity index (χ2v) is 4.08. The van der Waals surface area contributed by atoms with Crippen LogP contribution in [0.25, 0.3) is 0 Å². The summed E-state index contributed by atoms with van der Waals surface area (Å²) in [5.74, 6) is -0.537. The highest BCUT2D eigenvalue weighted by Gasteiger charge is 2.25. The summed E-state index contributed by atoms with van der Waals surface area (Å²) in [5.41, 5.74) is 0.362. The first-order chi connectivity index (χ1) is 7.15. The number of carboxylic acid groups (broad SMARTS) is 1. The molecule has 0 saturated heterocycles. The third-order valence-electron chi connectivity index (χ3n) is 3.02. The zero-order valence-electron chi connectivity index (χ0n) is 9.07. The SMILES string of the molecule is CC(=CCNC1CCCC1CO)C(=O)O. The van der Waals surface area contributed by atoms with Gasteiger partial charge in [0.05, 0.1) is 0 Å². The molecule has 0 radical (unpaired) electrons. The Morgan fingerprint density at radius 1 is 1.53 bits per heavy atom. The lowest BCUT2D eigenvalue weighted by atomic mass is 10.1. The largest absolute Gasteiger partial charge is 0.478 e. The van der Waals surface area contributed by atoms with E-state index in [-0.39, 0.29) is 6.61 Å². The van der Waals surface area contributed by atoms with Gasteiger partial charge < -0.3 is 15.5 Å². The van der Waals surface area contributed by atoms with Gasteiger partial charge in [0.25, 0.3) is 0 Å². The maximum atomic E-state index is 10.5. The predicted molar refractivity (Wildman–Crippen MR) is 57.6 cm³/mol. The second-order valence-electron chi connectivity index (χ2n) is 4.08. The molecule has 1 rings (SSSR count). The lowest BCUT2D eigenvalue weighted by molar-refractivity contribution is -0.132. The third-order valence-corrected chi connectivity index (χ3v) is 3.02. The van der Waals surface area contributed by atoms with Gasteiger partial charge in [-0.05, 0) is 25.7 Å². The molecule has 0 aromatic carbocycles. The molecule has 0 bridgehead atoms. The van der Waals surface area contributed by atoms with E-state index in [9.17, 15) is 4.79 Å². The van der Waals surface area contributed by atoms with Crippen LogP contribution in [0.3, 0.4) is 0 Å². The van der Waals surface area contributed by atoms with Crippen molar-refractivity contribution < 1.29 is 15.0 Å². The summed E-state index contributed by atoms with van der Waals surface area (Å²) in [4.78, 5) is 10.5. The summed E-state index contributed by atoms with van der Waals surface area (Å²) in [6.45, 7) is 2.38. The van der Waals surface area contributed by atoms with E-state index in [2.05, 4.69) is 5.32 Å². The fraction of sp³-hybridized carbons (Fsp3) is 0.727. The quantitative estimate of drug-likeness (QED) is 0.590. The molecule has 1 aliphatic rings. The molecule has 0 heterocycles. The Bertz CT molecular complexity index is 250. The van der Waals surface area contributed by atoms with Crippen LogP contribution >= 0.6 is 0 Å². The molecule has 2 atom stereocenters. The molecule has 86 valence electrons. The van der Waals surface area contributed by atoms with E-state index in [1.165, 1.54) is 0 Å². The number of carboxylic acids is 1. The molecular formula is C11H19NO3. The summed E-state index contributed by atoms with van der Waals surface area (Å²) < 4.78 is 0. The molecule has 0 aromatic rings. The Morgan fingerprint density at radius 2 is 2.27 bits per heavy atom. The number of aliphatic carboxylic acids is 1. The molecule has 3 N–H and O–H groups in total. The monoisotopic (exact) mass is 213 g/mol. The third kappa shape index (κ3) is 3.64. The van der Waals surface area contributed by atoms with Crippen LogP contribution in [0.5, 0.6) is 0 Å². The molecular weight excluding hydrogens is 194 g/mol.